The molecule has 0 bridgehead atoms. The number of hydrogen-bond donors (Lipinski definition) is 0. The largest absolute Gasteiger partial charge is 0.463 e. The molecule has 0 spiro atoms. The number of thioether (sulfide) groups is 1. The number of hydrogen-bond acceptors (Lipinski definition) is 5. The first-order valence-electron chi connectivity index (χ1n) is 7.84. The molecule has 3 rings (SSSR count). The average Bonchev–Trinajstić information content (AvgIpc) is 3.14. The Kier molecular flexibility index (Phi) is 5.31. The van der Waals surface area contributed by atoms with E-state index in [1.54, 1.807) is 11.0 Å². The van der Waals surface area contributed by atoms with E-state index < -0.39 is 11.9 Å². The molecule has 25 heavy (non-hydrogen) atoms. The second kappa shape index (κ2) is 7.47. The van der Waals surface area contributed by atoms with Crippen molar-refractivity contribution in [2.24, 2.45) is 0 Å². The molecule has 134 valence electrons. The molecule has 9 heteroatoms. The van der Waals surface area contributed by atoms with E-state index in [9.17, 15) is 18.0 Å². The number of piperidine rings is 1. The summed E-state index contributed by atoms with van der Waals surface area (Å²) in [5.41, 5.74) is -1.01. The average molecular weight is 371 g/mol. The Balaban J connectivity index is 1.78. The molecule has 0 atom stereocenters. The summed E-state index contributed by atoms with van der Waals surface area (Å²) in [4.78, 5) is 21.5. The van der Waals surface area contributed by atoms with Crippen LogP contribution in [-0.4, -0.2) is 39.6 Å². The van der Waals surface area contributed by atoms with Crippen LogP contribution in [0, 0.1) is 0 Å². The Morgan fingerprint density at radius 1 is 1.24 bits per heavy atom. The van der Waals surface area contributed by atoms with E-state index >= 15 is 0 Å². The molecule has 2 aromatic rings. The van der Waals surface area contributed by atoms with E-state index in [0.29, 0.717) is 13.1 Å². The van der Waals surface area contributed by atoms with E-state index in [1.165, 1.54) is 12.3 Å². The molecule has 1 amide bonds. The van der Waals surface area contributed by atoms with E-state index in [2.05, 4.69) is 9.97 Å². The number of rotatable bonds is 4. The number of furan rings is 1. The van der Waals surface area contributed by atoms with Crippen molar-refractivity contribution in [2.45, 2.75) is 30.6 Å². The minimum absolute atomic E-state index is 0.0128. The van der Waals surface area contributed by atoms with Gasteiger partial charge in [0.1, 0.15) is 11.4 Å². The number of amides is 1. The van der Waals surface area contributed by atoms with E-state index in [0.717, 1.165) is 37.1 Å². The van der Waals surface area contributed by atoms with Gasteiger partial charge in [0.25, 0.3) is 0 Å². The Morgan fingerprint density at radius 3 is 2.64 bits per heavy atom. The number of likely N-dealkylation sites (tertiary alicyclic amines) is 1. The maximum absolute atomic E-state index is 13.1. The maximum atomic E-state index is 13.1. The first kappa shape index (κ1) is 17.8. The molecular weight excluding hydrogens is 355 g/mol. The minimum Gasteiger partial charge on any atom is -0.463 e. The van der Waals surface area contributed by atoms with Crippen LogP contribution in [0.2, 0.25) is 0 Å². The van der Waals surface area contributed by atoms with Crippen LogP contribution in [-0.2, 0) is 11.0 Å². The molecule has 5 nitrogen and oxygen atoms in total. The van der Waals surface area contributed by atoms with Crippen molar-refractivity contribution in [1.82, 2.24) is 14.9 Å². The van der Waals surface area contributed by atoms with Gasteiger partial charge in [-0.15, -0.1) is 0 Å². The minimum atomic E-state index is -4.60. The summed E-state index contributed by atoms with van der Waals surface area (Å²) >= 11 is 0.909. The first-order valence-corrected chi connectivity index (χ1v) is 8.83. The quantitative estimate of drug-likeness (QED) is 0.603. The summed E-state index contributed by atoms with van der Waals surface area (Å²) in [5.74, 6) is 0.126. The van der Waals surface area contributed by atoms with Crippen LogP contribution in [0.3, 0.4) is 0 Å². The van der Waals surface area contributed by atoms with Gasteiger partial charge in [-0.25, -0.2) is 9.97 Å². The van der Waals surface area contributed by atoms with Gasteiger partial charge < -0.3 is 9.32 Å². The Morgan fingerprint density at radius 2 is 2.00 bits per heavy atom. The van der Waals surface area contributed by atoms with Crippen molar-refractivity contribution >= 4 is 17.7 Å². The highest BCUT2D eigenvalue weighted by molar-refractivity contribution is 7.99. The number of carbonyl (C=O) groups is 1. The fourth-order valence-electron chi connectivity index (χ4n) is 2.55. The third kappa shape index (κ3) is 4.53. The monoisotopic (exact) mass is 371 g/mol. The lowest BCUT2D eigenvalue weighted by atomic mass is 10.1. The van der Waals surface area contributed by atoms with Gasteiger partial charge in [0.2, 0.25) is 5.91 Å². The zero-order valence-corrected chi connectivity index (χ0v) is 14.1. The van der Waals surface area contributed by atoms with Gasteiger partial charge in [-0.3, -0.25) is 4.79 Å². The van der Waals surface area contributed by atoms with E-state index in [-0.39, 0.29) is 28.3 Å². The van der Waals surface area contributed by atoms with Gasteiger partial charge in [0, 0.05) is 13.1 Å². The molecule has 0 radical (unpaired) electrons. The predicted octanol–water partition coefficient (Wildman–Crippen LogP) is 3.86. The Bertz CT molecular complexity index is 729. The van der Waals surface area contributed by atoms with Gasteiger partial charge in [0.15, 0.2) is 10.9 Å². The Labute approximate surface area is 146 Å². The van der Waals surface area contributed by atoms with Crippen molar-refractivity contribution in [3.8, 4) is 11.5 Å². The molecule has 1 fully saturated rings. The zero-order chi connectivity index (χ0) is 17.9. The van der Waals surface area contributed by atoms with Crippen LogP contribution in [0.1, 0.15) is 25.0 Å². The zero-order valence-electron chi connectivity index (χ0n) is 13.3. The van der Waals surface area contributed by atoms with Gasteiger partial charge in [-0.1, -0.05) is 11.8 Å². The summed E-state index contributed by atoms with van der Waals surface area (Å²) in [7, 11) is 0. The lowest BCUT2D eigenvalue weighted by Gasteiger charge is -2.26. The summed E-state index contributed by atoms with van der Waals surface area (Å²) in [6.45, 7) is 1.39. The smallest absolute Gasteiger partial charge is 0.433 e. The molecule has 0 aliphatic carbocycles. The first-order chi connectivity index (χ1) is 11.9. The van der Waals surface area contributed by atoms with Crippen LogP contribution in [0.5, 0.6) is 0 Å². The third-order valence-electron chi connectivity index (χ3n) is 3.80. The highest BCUT2D eigenvalue weighted by Crippen LogP contribution is 2.32. The molecular formula is C16H16F3N3O2S. The van der Waals surface area contributed by atoms with Crippen LogP contribution < -0.4 is 0 Å². The summed E-state index contributed by atoms with van der Waals surface area (Å²) < 4.78 is 44.3. The van der Waals surface area contributed by atoms with Gasteiger partial charge in [-0.2, -0.15) is 13.2 Å². The van der Waals surface area contributed by atoms with E-state index in [4.69, 9.17) is 4.42 Å². The standard InChI is InChI=1S/C16H16F3N3O2S/c17-16(18,19)13-9-11(12-5-4-8-24-12)20-15(21-13)25-10-14(23)22-6-2-1-3-7-22/h4-5,8-9H,1-3,6-7,10H2. The normalized spacial score (nSPS) is 15.4. The summed E-state index contributed by atoms with van der Waals surface area (Å²) in [5, 5.41) is -0.0911. The van der Waals surface area contributed by atoms with Crippen molar-refractivity contribution in [3.05, 3.63) is 30.2 Å². The van der Waals surface area contributed by atoms with Crippen molar-refractivity contribution in [3.63, 3.8) is 0 Å². The lowest BCUT2D eigenvalue weighted by molar-refractivity contribution is -0.141. The van der Waals surface area contributed by atoms with Gasteiger partial charge >= 0.3 is 6.18 Å². The van der Waals surface area contributed by atoms with Crippen molar-refractivity contribution in [1.29, 1.82) is 0 Å². The number of nitrogens with zero attached hydrogens (tertiary/aromatic N) is 3. The molecule has 0 unspecified atom stereocenters. The van der Waals surface area contributed by atoms with Crippen molar-refractivity contribution < 1.29 is 22.4 Å². The maximum Gasteiger partial charge on any atom is 0.433 e. The Hall–Kier alpha value is -2.03. The predicted molar refractivity (Wildman–Crippen MR) is 85.9 cm³/mol. The summed E-state index contributed by atoms with van der Waals surface area (Å²) in [6.07, 6.45) is -0.230. The number of aromatic nitrogens is 2. The molecule has 0 aromatic carbocycles. The van der Waals surface area contributed by atoms with Crippen LogP contribution >= 0.6 is 11.8 Å². The van der Waals surface area contributed by atoms with Crippen molar-refractivity contribution in [2.75, 3.05) is 18.8 Å². The van der Waals surface area contributed by atoms with Gasteiger partial charge in [0.05, 0.1) is 12.0 Å². The number of carbonyl (C=O) groups excluding carboxylic acids is 1. The van der Waals surface area contributed by atoms with E-state index in [1.807, 2.05) is 0 Å². The topological polar surface area (TPSA) is 59.2 Å². The summed E-state index contributed by atoms with van der Waals surface area (Å²) in [6, 6.07) is 3.93. The van der Waals surface area contributed by atoms with Crippen LogP contribution in [0.25, 0.3) is 11.5 Å². The molecule has 3 heterocycles. The molecule has 0 N–H and O–H groups in total. The van der Waals surface area contributed by atoms with Crippen LogP contribution in [0.4, 0.5) is 13.2 Å². The molecule has 1 aliphatic heterocycles. The molecule has 1 saturated heterocycles. The van der Waals surface area contributed by atoms with Crippen LogP contribution in [0.15, 0.2) is 34.0 Å². The lowest BCUT2D eigenvalue weighted by Crippen LogP contribution is -2.36. The van der Waals surface area contributed by atoms with Gasteiger partial charge in [-0.05, 0) is 37.5 Å². The third-order valence-corrected chi connectivity index (χ3v) is 4.64. The fraction of sp³-hybridized carbons (Fsp3) is 0.438. The SMILES string of the molecule is O=C(CSc1nc(-c2ccco2)cc(C(F)(F)F)n1)N1CCCCC1. The number of halogens is 3. The molecule has 1 aliphatic rings. The molecule has 0 saturated carbocycles. The number of alkyl halides is 3. The second-order valence-electron chi connectivity index (χ2n) is 5.63. The fourth-order valence-corrected chi connectivity index (χ4v) is 3.31. The second-order valence-corrected chi connectivity index (χ2v) is 6.57. The highest BCUT2D eigenvalue weighted by Gasteiger charge is 2.34. The molecule has 2 aromatic heterocycles. The highest BCUT2D eigenvalue weighted by atomic mass is 32.2.